The van der Waals surface area contributed by atoms with Crippen LogP contribution in [-0.2, 0) is 4.65 Å². The van der Waals surface area contributed by atoms with Gasteiger partial charge >= 0.3 is 7.32 Å². The molecule has 0 heterocycles. The normalized spacial score (nSPS) is 22.3. The number of hydrogen-bond donors (Lipinski definition) is 2. The van der Waals surface area contributed by atoms with E-state index in [4.69, 9.17) is 14.7 Å². The molecule has 1 fully saturated rings. The molecule has 1 saturated carbocycles. The van der Waals surface area contributed by atoms with Crippen LogP contribution in [0.15, 0.2) is 0 Å². The second-order valence-corrected chi connectivity index (χ2v) is 5.55. The van der Waals surface area contributed by atoms with Crippen molar-refractivity contribution in [2.45, 2.75) is 89.6 Å². The molecule has 0 aromatic heterocycles. The van der Waals surface area contributed by atoms with E-state index in [-0.39, 0.29) is 6.10 Å². The molecule has 2 N–H and O–H groups in total. The van der Waals surface area contributed by atoms with Gasteiger partial charge in [-0.15, -0.1) is 0 Å². The van der Waals surface area contributed by atoms with E-state index in [0.29, 0.717) is 0 Å². The zero-order valence-electron chi connectivity index (χ0n) is 11.6. The van der Waals surface area contributed by atoms with E-state index in [0.717, 1.165) is 25.7 Å². The summed E-state index contributed by atoms with van der Waals surface area (Å²) in [6.45, 7) is 0. The monoisotopic (exact) mass is 256 g/mol. The van der Waals surface area contributed by atoms with Crippen molar-refractivity contribution in [1.29, 1.82) is 0 Å². The Kier molecular flexibility index (Phi) is 9.63. The second kappa shape index (κ2) is 10.8. The smallest absolute Gasteiger partial charge is 0.402 e. The Labute approximate surface area is 112 Å². The predicted octanol–water partition coefficient (Wildman–Crippen LogP) is 3.43. The molecule has 0 unspecified atom stereocenters. The van der Waals surface area contributed by atoms with Crippen molar-refractivity contribution < 1.29 is 14.7 Å². The maximum Gasteiger partial charge on any atom is 0.634 e. The van der Waals surface area contributed by atoms with Crippen LogP contribution in [0.1, 0.15) is 83.5 Å². The van der Waals surface area contributed by atoms with Gasteiger partial charge in [0.1, 0.15) is 0 Å². The summed E-state index contributed by atoms with van der Waals surface area (Å²) in [5, 5.41) is 17.8. The van der Waals surface area contributed by atoms with Gasteiger partial charge in [0, 0.05) is 6.10 Å². The summed E-state index contributed by atoms with van der Waals surface area (Å²) in [6.07, 6.45) is 16.3. The van der Waals surface area contributed by atoms with Crippen LogP contribution in [0.4, 0.5) is 0 Å². The van der Waals surface area contributed by atoms with E-state index >= 15 is 0 Å². The van der Waals surface area contributed by atoms with Crippen LogP contribution in [0.3, 0.4) is 0 Å². The van der Waals surface area contributed by atoms with Crippen molar-refractivity contribution in [3.63, 3.8) is 0 Å². The first-order valence-electron chi connectivity index (χ1n) is 7.80. The van der Waals surface area contributed by atoms with Gasteiger partial charge < -0.3 is 14.7 Å². The van der Waals surface area contributed by atoms with Crippen molar-refractivity contribution >= 4 is 7.32 Å². The van der Waals surface area contributed by atoms with Crippen molar-refractivity contribution in [3.05, 3.63) is 0 Å². The molecule has 0 aromatic rings. The predicted molar refractivity (Wildman–Crippen MR) is 75.1 cm³/mol. The van der Waals surface area contributed by atoms with Crippen LogP contribution in [-0.4, -0.2) is 23.5 Å². The third-order valence-electron chi connectivity index (χ3n) is 3.87. The highest BCUT2D eigenvalue weighted by atomic mass is 16.6. The highest BCUT2D eigenvalue weighted by Crippen LogP contribution is 2.18. The molecule has 0 amide bonds. The van der Waals surface area contributed by atoms with Crippen LogP contribution in [0.25, 0.3) is 0 Å². The molecular formula is C14H29BO3. The van der Waals surface area contributed by atoms with E-state index < -0.39 is 7.32 Å². The summed E-state index contributed by atoms with van der Waals surface area (Å²) >= 11 is 0. The van der Waals surface area contributed by atoms with Gasteiger partial charge in [0.25, 0.3) is 0 Å². The van der Waals surface area contributed by atoms with E-state index in [2.05, 4.69) is 0 Å². The SMILES string of the molecule is OB(O)OC1CCCCCCCCCCCCC1. The number of hydrogen-bond acceptors (Lipinski definition) is 3. The fourth-order valence-corrected chi connectivity index (χ4v) is 2.79. The fraction of sp³-hybridized carbons (Fsp3) is 1.00. The average Bonchev–Trinajstić information content (AvgIpc) is 2.33. The van der Waals surface area contributed by atoms with E-state index in [1.165, 1.54) is 57.8 Å². The maximum absolute atomic E-state index is 8.91. The molecule has 0 atom stereocenters. The highest BCUT2D eigenvalue weighted by Gasteiger charge is 2.17. The minimum absolute atomic E-state index is 0.0351. The summed E-state index contributed by atoms with van der Waals surface area (Å²) < 4.78 is 5.16. The summed E-state index contributed by atoms with van der Waals surface area (Å²) in [5.74, 6) is 0. The molecule has 106 valence electrons. The van der Waals surface area contributed by atoms with Gasteiger partial charge in [-0.25, -0.2) is 0 Å². The van der Waals surface area contributed by atoms with Gasteiger partial charge in [0.05, 0.1) is 0 Å². The van der Waals surface area contributed by atoms with Crippen molar-refractivity contribution in [2.24, 2.45) is 0 Å². The lowest BCUT2D eigenvalue weighted by Crippen LogP contribution is -2.25. The summed E-state index contributed by atoms with van der Waals surface area (Å²) in [4.78, 5) is 0. The van der Waals surface area contributed by atoms with Crippen LogP contribution < -0.4 is 0 Å². The van der Waals surface area contributed by atoms with Gasteiger partial charge in [-0.3, -0.25) is 0 Å². The molecule has 1 aliphatic rings. The molecule has 1 rings (SSSR count). The van der Waals surface area contributed by atoms with Gasteiger partial charge in [-0.1, -0.05) is 70.6 Å². The van der Waals surface area contributed by atoms with E-state index in [1.54, 1.807) is 0 Å². The number of rotatable bonds is 2. The molecule has 0 aliphatic heterocycles. The van der Waals surface area contributed by atoms with Gasteiger partial charge in [0.15, 0.2) is 0 Å². The van der Waals surface area contributed by atoms with Crippen molar-refractivity contribution in [1.82, 2.24) is 0 Å². The summed E-state index contributed by atoms with van der Waals surface area (Å²) in [7, 11) is -1.60. The second-order valence-electron chi connectivity index (χ2n) is 5.55. The van der Waals surface area contributed by atoms with Gasteiger partial charge in [0.2, 0.25) is 0 Å². The lowest BCUT2D eigenvalue weighted by atomic mass is 9.99. The third-order valence-corrected chi connectivity index (χ3v) is 3.87. The first-order valence-corrected chi connectivity index (χ1v) is 7.80. The first kappa shape index (κ1) is 16.0. The van der Waals surface area contributed by atoms with Crippen LogP contribution in [0.2, 0.25) is 0 Å². The molecule has 0 radical (unpaired) electrons. The van der Waals surface area contributed by atoms with E-state index in [1.807, 2.05) is 0 Å². The van der Waals surface area contributed by atoms with Gasteiger partial charge in [-0.2, -0.15) is 0 Å². The minimum atomic E-state index is -1.60. The lowest BCUT2D eigenvalue weighted by Gasteiger charge is -2.18. The molecule has 3 nitrogen and oxygen atoms in total. The quantitative estimate of drug-likeness (QED) is 0.744. The Morgan fingerprint density at radius 1 is 0.611 bits per heavy atom. The van der Waals surface area contributed by atoms with Crippen molar-refractivity contribution in [2.75, 3.05) is 0 Å². The standard InChI is InChI=1S/C14H29BO3/c16-15(17)18-14-12-10-8-6-4-2-1-3-5-7-9-11-13-14/h14,16-17H,1-13H2. The maximum atomic E-state index is 8.91. The Balaban J connectivity index is 2.24. The summed E-state index contributed by atoms with van der Waals surface area (Å²) in [6, 6.07) is 0. The Bertz CT molecular complexity index is 174. The molecule has 18 heavy (non-hydrogen) atoms. The zero-order chi connectivity index (χ0) is 13.1. The fourth-order valence-electron chi connectivity index (χ4n) is 2.79. The Morgan fingerprint density at radius 2 is 0.944 bits per heavy atom. The molecule has 0 saturated heterocycles. The van der Waals surface area contributed by atoms with Crippen LogP contribution in [0, 0.1) is 0 Å². The molecule has 0 spiro atoms. The molecule has 1 aliphatic carbocycles. The van der Waals surface area contributed by atoms with Crippen LogP contribution >= 0.6 is 0 Å². The Morgan fingerprint density at radius 3 is 1.28 bits per heavy atom. The van der Waals surface area contributed by atoms with Gasteiger partial charge in [-0.05, 0) is 12.8 Å². The Hall–Kier alpha value is -0.0551. The minimum Gasteiger partial charge on any atom is -0.402 e. The molecule has 0 aromatic carbocycles. The lowest BCUT2D eigenvalue weighted by molar-refractivity contribution is 0.101. The molecule has 4 heteroatoms. The van der Waals surface area contributed by atoms with Crippen LogP contribution in [0.5, 0.6) is 0 Å². The highest BCUT2D eigenvalue weighted by molar-refractivity contribution is 6.32. The molecular weight excluding hydrogens is 227 g/mol. The summed E-state index contributed by atoms with van der Waals surface area (Å²) in [5.41, 5.74) is 0. The largest absolute Gasteiger partial charge is 0.634 e. The third kappa shape index (κ3) is 8.95. The van der Waals surface area contributed by atoms with Crippen molar-refractivity contribution in [3.8, 4) is 0 Å². The topological polar surface area (TPSA) is 49.7 Å². The van der Waals surface area contributed by atoms with E-state index in [9.17, 15) is 0 Å². The zero-order valence-corrected chi connectivity index (χ0v) is 11.6. The first-order chi connectivity index (χ1) is 8.79. The molecule has 0 bridgehead atoms. The average molecular weight is 256 g/mol.